The van der Waals surface area contributed by atoms with Gasteiger partial charge in [0.15, 0.2) is 0 Å². The molecule has 0 aliphatic heterocycles. The third-order valence-corrected chi connectivity index (χ3v) is 4.29. The van der Waals surface area contributed by atoms with E-state index in [1.165, 1.54) is 11.8 Å². The third kappa shape index (κ3) is 5.21. The largest absolute Gasteiger partial charge is 0.497 e. The SMILES string of the molecule is CCOc1ccc(NC(=O)[C@H](C)Sc2ccc(OC)cc2)cc1. The highest BCUT2D eigenvalue weighted by Gasteiger charge is 2.14. The number of benzene rings is 2. The van der Waals surface area contributed by atoms with E-state index < -0.39 is 0 Å². The Morgan fingerprint density at radius 2 is 1.70 bits per heavy atom. The van der Waals surface area contributed by atoms with E-state index in [1.54, 1.807) is 7.11 Å². The molecule has 1 amide bonds. The van der Waals surface area contributed by atoms with Gasteiger partial charge in [0.1, 0.15) is 11.5 Å². The average molecular weight is 331 g/mol. The molecule has 0 saturated heterocycles. The second-order valence-corrected chi connectivity index (χ2v) is 6.30. The molecule has 2 aromatic rings. The van der Waals surface area contributed by atoms with Gasteiger partial charge in [-0.15, -0.1) is 11.8 Å². The maximum absolute atomic E-state index is 12.3. The molecule has 0 radical (unpaired) electrons. The van der Waals surface area contributed by atoms with Crippen LogP contribution < -0.4 is 14.8 Å². The highest BCUT2D eigenvalue weighted by molar-refractivity contribution is 8.00. The number of thioether (sulfide) groups is 1. The highest BCUT2D eigenvalue weighted by Crippen LogP contribution is 2.26. The van der Waals surface area contributed by atoms with Crippen molar-refractivity contribution >= 4 is 23.4 Å². The van der Waals surface area contributed by atoms with E-state index in [2.05, 4.69) is 5.32 Å². The minimum atomic E-state index is -0.199. The fourth-order valence-corrected chi connectivity index (χ4v) is 2.82. The molecule has 2 aromatic carbocycles. The number of amides is 1. The lowest BCUT2D eigenvalue weighted by molar-refractivity contribution is -0.115. The van der Waals surface area contributed by atoms with Crippen LogP contribution in [0.25, 0.3) is 0 Å². The fraction of sp³-hybridized carbons (Fsp3) is 0.278. The Hall–Kier alpha value is -2.14. The number of rotatable bonds is 7. The summed E-state index contributed by atoms with van der Waals surface area (Å²) in [5.41, 5.74) is 0.764. The number of hydrogen-bond acceptors (Lipinski definition) is 4. The van der Waals surface area contributed by atoms with Crippen molar-refractivity contribution < 1.29 is 14.3 Å². The number of carbonyl (C=O) groups is 1. The van der Waals surface area contributed by atoms with Crippen LogP contribution in [-0.2, 0) is 4.79 Å². The van der Waals surface area contributed by atoms with Crippen LogP contribution in [0.5, 0.6) is 11.5 Å². The first-order chi connectivity index (χ1) is 11.1. The Balaban J connectivity index is 1.90. The summed E-state index contributed by atoms with van der Waals surface area (Å²) < 4.78 is 10.5. The van der Waals surface area contributed by atoms with Gasteiger partial charge >= 0.3 is 0 Å². The van der Waals surface area contributed by atoms with E-state index in [9.17, 15) is 4.79 Å². The van der Waals surface area contributed by atoms with E-state index >= 15 is 0 Å². The number of carbonyl (C=O) groups excluding carboxylic acids is 1. The number of methoxy groups -OCH3 is 1. The molecule has 0 spiro atoms. The zero-order chi connectivity index (χ0) is 16.7. The lowest BCUT2D eigenvalue weighted by Gasteiger charge is -2.13. The quantitative estimate of drug-likeness (QED) is 0.772. The molecule has 0 saturated carbocycles. The summed E-state index contributed by atoms with van der Waals surface area (Å²) in [6.07, 6.45) is 0. The molecule has 2 rings (SSSR count). The number of hydrogen-bond donors (Lipinski definition) is 1. The van der Waals surface area contributed by atoms with E-state index in [4.69, 9.17) is 9.47 Å². The van der Waals surface area contributed by atoms with Crippen LogP contribution in [0.3, 0.4) is 0 Å². The Bertz CT molecular complexity index is 626. The van der Waals surface area contributed by atoms with Crippen molar-refractivity contribution in [2.75, 3.05) is 19.0 Å². The molecule has 0 bridgehead atoms. The van der Waals surface area contributed by atoms with Crippen LogP contribution in [0, 0.1) is 0 Å². The molecule has 0 heterocycles. The molecule has 1 atom stereocenters. The van der Waals surface area contributed by atoms with Crippen molar-refractivity contribution in [2.24, 2.45) is 0 Å². The minimum absolute atomic E-state index is 0.0324. The molecule has 0 unspecified atom stereocenters. The van der Waals surface area contributed by atoms with Gasteiger partial charge in [-0.25, -0.2) is 0 Å². The second kappa shape index (κ2) is 8.48. The van der Waals surface area contributed by atoms with Crippen LogP contribution >= 0.6 is 11.8 Å². The molecule has 0 aliphatic carbocycles. The lowest BCUT2D eigenvalue weighted by atomic mass is 10.3. The standard InChI is InChI=1S/C18H21NO3S/c1-4-22-16-7-5-14(6-8-16)19-18(20)13(2)23-17-11-9-15(21-3)10-12-17/h5-13H,4H2,1-3H3,(H,19,20)/t13-/m0/s1. The summed E-state index contributed by atoms with van der Waals surface area (Å²) in [6, 6.07) is 15.1. The van der Waals surface area contributed by atoms with E-state index in [1.807, 2.05) is 62.4 Å². The molecule has 5 heteroatoms. The maximum atomic E-state index is 12.3. The molecular weight excluding hydrogens is 310 g/mol. The Kier molecular flexibility index (Phi) is 6.35. The van der Waals surface area contributed by atoms with Gasteiger partial charge in [-0.1, -0.05) is 0 Å². The van der Waals surface area contributed by atoms with Gasteiger partial charge in [-0.05, 0) is 62.4 Å². The normalized spacial score (nSPS) is 11.6. The van der Waals surface area contributed by atoms with Crippen LogP contribution in [0.15, 0.2) is 53.4 Å². The first-order valence-electron chi connectivity index (χ1n) is 7.46. The van der Waals surface area contributed by atoms with Crippen molar-refractivity contribution in [2.45, 2.75) is 24.0 Å². The van der Waals surface area contributed by atoms with Gasteiger partial charge in [0.05, 0.1) is 19.0 Å². The van der Waals surface area contributed by atoms with Crippen LogP contribution in [0.1, 0.15) is 13.8 Å². The van der Waals surface area contributed by atoms with Gasteiger partial charge in [-0.3, -0.25) is 4.79 Å². The van der Waals surface area contributed by atoms with Gasteiger partial charge in [0.25, 0.3) is 0 Å². The van der Waals surface area contributed by atoms with E-state index in [0.717, 1.165) is 22.1 Å². The third-order valence-electron chi connectivity index (χ3n) is 3.17. The summed E-state index contributed by atoms with van der Waals surface area (Å²) in [6.45, 7) is 4.45. The van der Waals surface area contributed by atoms with Crippen molar-refractivity contribution in [1.82, 2.24) is 0 Å². The van der Waals surface area contributed by atoms with E-state index in [0.29, 0.717) is 6.61 Å². The molecule has 0 aliphatic rings. The summed E-state index contributed by atoms with van der Waals surface area (Å²) in [5.74, 6) is 1.57. The summed E-state index contributed by atoms with van der Waals surface area (Å²) in [4.78, 5) is 13.3. The smallest absolute Gasteiger partial charge is 0.237 e. The molecule has 0 fully saturated rings. The summed E-state index contributed by atoms with van der Waals surface area (Å²) >= 11 is 1.51. The first kappa shape index (κ1) is 17.2. The van der Waals surface area contributed by atoms with Crippen LogP contribution in [0.2, 0.25) is 0 Å². The Morgan fingerprint density at radius 3 is 2.26 bits per heavy atom. The van der Waals surface area contributed by atoms with E-state index in [-0.39, 0.29) is 11.2 Å². The molecule has 1 N–H and O–H groups in total. The number of anilines is 1. The van der Waals surface area contributed by atoms with Crippen molar-refractivity contribution in [1.29, 1.82) is 0 Å². The predicted octanol–water partition coefficient (Wildman–Crippen LogP) is 4.21. The topological polar surface area (TPSA) is 47.6 Å². The van der Waals surface area contributed by atoms with Gasteiger partial charge in [0, 0.05) is 10.6 Å². The monoisotopic (exact) mass is 331 g/mol. The molecule has 23 heavy (non-hydrogen) atoms. The maximum Gasteiger partial charge on any atom is 0.237 e. The van der Waals surface area contributed by atoms with Crippen LogP contribution in [0.4, 0.5) is 5.69 Å². The Morgan fingerprint density at radius 1 is 1.09 bits per heavy atom. The zero-order valence-corrected chi connectivity index (χ0v) is 14.4. The molecule has 0 aromatic heterocycles. The van der Waals surface area contributed by atoms with Crippen molar-refractivity contribution in [3.8, 4) is 11.5 Å². The molecular formula is C18H21NO3S. The fourth-order valence-electron chi connectivity index (χ4n) is 1.96. The first-order valence-corrected chi connectivity index (χ1v) is 8.34. The average Bonchev–Trinajstić information content (AvgIpc) is 2.57. The molecule has 122 valence electrons. The second-order valence-electron chi connectivity index (χ2n) is 4.88. The minimum Gasteiger partial charge on any atom is -0.497 e. The van der Waals surface area contributed by atoms with Crippen molar-refractivity contribution in [3.63, 3.8) is 0 Å². The zero-order valence-electron chi connectivity index (χ0n) is 13.5. The van der Waals surface area contributed by atoms with Gasteiger partial charge < -0.3 is 14.8 Å². The van der Waals surface area contributed by atoms with Crippen LogP contribution in [-0.4, -0.2) is 24.9 Å². The Labute approximate surface area is 141 Å². The number of nitrogens with one attached hydrogen (secondary N) is 1. The van der Waals surface area contributed by atoms with Gasteiger partial charge in [-0.2, -0.15) is 0 Å². The predicted molar refractivity (Wildman–Crippen MR) is 94.6 cm³/mol. The van der Waals surface area contributed by atoms with Crippen molar-refractivity contribution in [3.05, 3.63) is 48.5 Å². The summed E-state index contributed by atoms with van der Waals surface area (Å²) in [7, 11) is 1.63. The number of ether oxygens (including phenoxy) is 2. The summed E-state index contributed by atoms with van der Waals surface area (Å²) in [5, 5.41) is 2.71. The molecule has 4 nitrogen and oxygen atoms in total. The highest BCUT2D eigenvalue weighted by atomic mass is 32.2. The lowest BCUT2D eigenvalue weighted by Crippen LogP contribution is -2.22. The van der Waals surface area contributed by atoms with Gasteiger partial charge in [0.2, 0.25) is 5.91 Å².